The van der Waals surface area contributed by atoms with Crippen LogP contribution in [0.15, 0.2) is 78.0 Å². The van der Waals surface area contributed by atoms with Crippen LogP contribution in [0, 0.1) is 0 Å². The number of amides is 1. The summed E-state index contributed by atoms with van der Waals surface area (Å²) in [5, 5.41) is 13.1. The number of hydrogen-bond acceptors (Lipinski definition) is 5. The minimum atomic E-state index is -0.379. The number of ether oxygens (including phenoxy) is 1. The van der Waals surface area contributed by atoms with Crippen molar-refractivity contribution in [2.45, 2.75) is 37.9 Å². The van der Waals surface area contributed by atoms with Crippen LogP contribution in [0.4, 0.5) is 5.69 Å². The Kier molecular flexibility index (Phi) is 8.56. The number of hydrogen-bond donors (Lipinski definition) is 1. The molecule has 0 aliphatic rings. The highest BCUT2D eigenvalue weighted by Crippen LogP contribution is 2.30. The number of halogens is 2. The Balaban J connectivity index is 1.53. The van der Waals surface area contributed by atoms with Gasteiger partial charge in [-0.1, -0.05) is 79.1 Å². The SMILES string of the molecule is CC(C)c1ccc(OC(C)c2nnc(SCC(=O)Nc3cc(Cl)ccc3Cl)n2-c2ccccc2)cc1. The number of carbonyl (C=O) groups excluding carboxylic acids is 1. The number of aromatic nitrogens is 3. The lowest BCUT2D eigenvalue weighted by molar-refractivity contribution is -0.113. The normalized spacial score (nSPS) is 11.9. The fourth-order valence-electron chi connectivity index (χ4n) is 3.56. The number of nitrogens with zero attached hydrogens (tertiary/aromatic N) is 3. The van der Waals surface area contributed by atoms with E-state index in [-0.39, 0.29) is 17.8 Å². The lowest BCUT2D eigenvalue weighted by atomic mass is 10.0. The number of anilines is 1. The standard InChI is InChI=1S/C27H26Cl2N4O2S/c1-17(2)19-9-12-22(13-10-19)35-18(3)26-31-32-27(33(26)21-7-5-4-6-8-21)36-16-25(34)30-24-15-20(28)11-14-23(24)29/h4-15,17-18H,16H2,1-3H3,(H,30,34). The molecule has 186 valence electrons. The minimum absolute atomic E-state index is 0.111. The predicted molar refractivity (Wildman–Crippen MR) is 147 cm³/mol. The van der Waals surface area contributed by atoms with E-state index in [1.54, 1.807) is 18.2 Å². The fraction of sp³-hybridized carbons (Fsp3) is 0.222. The fourth-order valence-corrected chi connectivity index (χ4v) is 4.65. The van der Waals surface area contributed by atoms with Gasteiger partial charge in [0, 0.05) is 10.7 Å². The molecule has 1 N–H and O–H groups in total. The molecule has 4 rings (SSSR count). The van der Waals surface area contributed by atoms with Crippen molar-refractivity contribution in [3.63, 3.8) is 0 Å². The molecule has 9 heteroatoms. The Hall–Kier alpha value is -3.00. The molecule has 1 unspecified atom stereocenters. The first-order valence-corrected chi connectivity index (χ1v) is 13.2. The second-order valence-corrected chi connectivity index (χ2v) is 10.2. The maximum Gasteiger partial charge on any atom is 0.234 e. The highest BCUT2D eigenvalue weighted by molar-refractivity contribution is 7.99. The van der Waals surface area contributed by atoms with E-state index in [1.165, 1.54) is 17.3 Å². The lowest BCUT2D eigenvalue weighted by Gasteiger charge is -2.17. The smallest absolute Gasteiger partial charge is 0.234 e. The maximum atomic E-state index is 12.6. The second-order valence-electron chi connectivity index (χ2n) is 8.46. The van der Waals surface area contributed by atoms with Crippen LogP contribution in [0.1, 0.15) is 44.2 Å². The number of nitrogens with one attached hydrogen (secondary N) is 1. The third kappa shape index (κ3) is 6.40. The van der Waals surface area contributed by atoms with E-state index >= 15 is 0 Å². The molecule has 0 spiro atoms. The zero-order valence-electron chi connectivity index (χ0n) is 20.1. The second kappa shape index (κ2) is 11.8. The van der Waals surface area contributed by atoms with Gasteiger partial charge in [0.1, 0.15) is 5.75 Å². The van der Waals surface area contributed by atoms with Gasteiger partial charge in [0.25, 0.3) is 0 Å². The molecule has 0 saturated carbocycles. The number of carbonyl (C=O) groups is 1. The van der Waals surface area contributed by atoms with Crippen molar-refractivity contribution in [2.75, 3.05) is 11.1 Å². The molecule has 0 bridgehead atoms. The molecule has 1 atom stereocenters. The molecule has 1 amide bonds. The zero-order chi connectivity index (χ0) is 25.7. The number of thioether (sulfide) groups is 1. The van der Waals surface area contributed by atoms with Gasteiger partial charge in [-0.05, 0) is 60.9 Å². The van der Waals surface area contributed by atoms with Crippen LogP contribution in [0.5, 0.6) is 5.75 Å². The highest BCUT2D eigenvalue weighted by Gasteiger charge is 2.22. The monoisotopic (exact) mass is 540 g/mol. The number of rotatable bonds is 9. The molecule has 0 radical (unpaired) electrons. The summed E-state index contributed by atoms with van der Waals surface area (Å²) in [6.07, 6.45) is -0.379. The largest absolute Gasteiger partial charge is 0.483 e. The Labute approximate surface area is 225 Å². The van der Waals surface area contributed by atoms with Crippen molar-refractivity contribution in [2.24, 2.45) is 0 Å². The van der Waals surface area contributed by atoms with Gasteiger partial charge < -0.3 is 10.1 Å². The van der Waals surface area contributed by atoms with Crippen molar-refractivity contribution in [3.8, 4) is 11.4 Å². The van der Waals surface area contributed by atoms with E-state index in [1.807, 2.05) is 54.0 Å². The quantitative estimate of drug-likeness (QED) is 0.221. The summed E-state index contributed by atoms with van der Waals surface area (Å²) in [7, 11) is 0. The van der Waals surface area contributed by atoms with Crippen LogP contribution in [-0.2, 0) is 4.79 Å². The molecule has 0 aliphatic carbocycles. The summed E-state index contributed by atoms with van der Waals surface area (Å²) in [6.45, 7) is 6.25. The number of benzene rings is 3. The topological polar surface area (TPSA) is 69.0 Å². The first kappa shape index (κ1) is 26.1. The van der Waals surface area contributed by atoms with E-state index in [2.05, 4.69) is 41.5 Å². The van der Waals surface area contributed by atoms with Gasteiger partial charge >= 0.3 is 0 Å². The molecule has 1 heterocycles. The first-order valence-electron chi connectivity index (χ1n) is 11.5. The molecule has 0 aliphatic heterocycles. The van der Waals surface area contributed by atoms with Gasteiger partial charge in [-0.3, -0.25) is 9.36 Å². The zero-order valence-corrected chi connectivity index (χ0v) is 22.4. The number of para-hydroxylation sites is 1. The van der Waals surface area contributed by atoms with Crippen LogP contribution < -0.4 is 10.1 Å². The molecule has 6 nitrogen and oxygen atoms in total. The van der Waals surface area contributed by atoms with Crippen LogP contribution in [0.25, 0.3) is 5.69 Å². The van der Waals surface area contributed by atoms with E-state index in [9.17, 15) is 4.79 Å². The molecule has 3 aromatic carbocycles. The summed E-state index contributed by atoms with van der Waals surface area (Å²) in [4.78, 5) is 12.6. The Bertz CT molecular complexity index is 1330. The van der Waals surface area contributed by atoms with Gasteiger partial charge in [0.2, 0.25) is 5.91 Å². The van der Waals surface area contributed by atoms with Crippen LogP contribution in [0.2, 0.25) is 10.0 Å². The van der Waals surface area contributed by atoms with Crippen molar-refractivity contribution in [1.82, 2.24) is 14.8 Å². The van der Waals surface area contributed by atoms with Gasteiger partial charge in [-0.15, -0.1) is 10.2 Å². The molecular formula is C27H26Cl2N4O2S. The Morgan fingerprint density at radius 3 is 2.42 bits per heavy atom. The van der Waals surface area contributed by atoms with Crippen molar-refractivity contribution < 1.29 is 9.53 Å². The average Bonchev–Trinajstić information content (AvgIpc) is 3.30. The molecule has 36 heavy (non-hydrogen) atoms. The van der Waals surface area contributed by atoms with Crippen molar-refractivity contribution in [1.29, 1.82) is 0 Å². The first-order chi connectivity index (χ1) is 17.3. The molecule has 0 fully saturated rings. The summed E-state index contributed by atoms with van der Waals surface area (Å²) in [5.41, 5.74) is 2.59. The third-order valence-corrected chi connectivity index (χ3v) is 6.92. The van der Waals surface area contributed by atoms with Gasteiger partial charge in [-0.25, -0.2) is 0 Å². The highest BCUT2D eigenvalue weighted by atomic mass is 35.5. The Morgan fingerprint density at radius 1 is 1.00 bits per heavy atom. The molecular weight excluding hydrogens is 515 g/mol. The van der Waals surface area contributed by atoms with Gasteiger partial charge in [-0.2, -0.15) is 0 Å². The average molecular weight is 542 g/mol. The molecule has 4 aromatic rings. The maximum absolute atomic E-state index is 12.6. The third-order valence-electron chi connectivity index (χ3n) is 5.43. The lowest BCUT2D eigenvalue weighted by Crippen LogP contribution is -2.15. The molecule has 0 saturated heterocycles. The van der Waals surface area contributed by atoms with E-state index < -0.39 is 0 Å². The summed E-state index contributed by atoms with van der Waals surface area (Å²) < 4.78 is 8.11. The van der Waals surface area contributed by atoms with Crippen molar-refractivity contribution in [3.05, 3.63) is 94.2 Å². The van der Waals surface area contributed by atoms with Crippen LogP contribution in [-0.4, -0.2) is 26.4 Å². The van der Waals surface area contributed by atoms with Crippen LogP contribution in [0.3, 0.4) is 0 Å². The van der Waals surface area contributed by atoms with E-state index in [0.29, 0.717) is 32.6 Å². The predicted octanol–water partition coefficient (Wildman–Crippen LogP) is 7.57. The van der Waals surface area contributed by atoms with Crippen molar-refractivity contribution >= 4 is 46.6 Å². The van der Waals surface area contributed by atoms with E-state index in [0.717, 1.165) is 11.4 Å². The summed E-state index contributed by atoms with van der Waals surface area (Å²) >= 11 is 13.5. The van der Waals surface area contributed by atoms with Gasteiger partial charge in [0.15, 0.2) is 17.1 Å². The Morgan fingerprint density at radius 2 is 1.72 bits per heavy atom. The summed E-state index contributed by atoms with van der Waals surface area (Å²) in [5.74, 6) is 1.71. The minimum Gasteiger partial charge on any atom is -0.483 e. The van der Waals surface area contributed by atoms with E-state index in [4.69, 9.17) is 27.9 Å². The van der Waals surface area contributed by atoms with Gasteiger partial charge in [0.05, 0.1) is 16.5 Å². The summed E-state index contributed by atoms with van der Waals surface area (Å²) in [6, 6.07) is 22.8. The molecule has 1 aromatic heterocycles. The van der Waals surface area contributed by atoms with Crippen LogP contribution >= 0.6 is 35.0 Å².